The summed E-state index contributed by atoms with van der Waals surface area (Å²) in [6.07, 6.45) is -9.24. The van der Waals surface area contributed by atoms with Gasteiger partial charge in [-0.05, 0) is 30.5 Å². The molecular weight excluding hydrogens is 631 g/mol. The lowest BCUT2D eigenvalue weighted by atomic mass is 10.0. The van der Waals surface area contributed by atoms with Crippen LogP contribution in [0, 0.1) is 11.6 Å². The number of nitrogens with zero attached hydrogens (tertiary/aromatic N) is 4. The molecule has 3 amide bonds. The third-order valence-corrected chi connectivity index (χ3v) is 8.75. The summed E-state index contributed by atoms with van der Waals surface area (Å²) in [6, 6.07) is 4.86. The maximum Gasteiger partial charge on any atom is 0.413 e. The number of benzene rings is 2. The third kappa shape index (κ3) is 5.59. The summed E-state index contributed by atoms with van der Waals surface area (Å²) < 4.78 is 83.3. The fourth-order valence-electron chi connectivity index (χ4n) is 5.50. The number of carboxylic acids is 1. The van der Waals surface area contributed by atoms with Crippen molar-refractivity contribution in [2.45, 2.75) is 68.5 Å². The van der Waals surface area contributed by atoms with Crippen LogP contribution in [0.5, 0.6) is 5.75 Å². The number of hydrogen-bond acceptors (Lipinski definition) is 9. The number of carbonyl (C=O) groups excluding carboxylic acids is 2. The smallest absolute Gasteiger partial charge is 0.413 e. The number of carboxylic acid groups (broad SMARTS) is 1. The first kappa shape index (κ1) is 30.8. The molecule has 6 rings (SSSR count). The van der Waals surface area contributed by atoms with Gasteiger partial charge in [-0.3, -0.25) is 4.79 Å². The summed E-state index contributed by atoms with van der Waals surface area (Å²) in [7, 11) is 0. The minimum atomic E-state index is -4.95. The van der Waals surface area contributed by atoms with Gasteiger partial charge in [-0.2, -0.15) is 13.2 Å². The van der Waals surface area contributed by atoms with Crippen LogP contribution < -0.4 is 4.74 Å². The molecule has 2 aliphatic heterocycles. The SMILES string of the molecule is O=C(O)[C@@H]1CC(O)CC(Oc2c(F)ccc(-c3nnc(CN4C(=O)N(C(c5ccccc5)C(F)(F)F)C(=O)C45CC5)s3)c2F)O1. The summed E-state index contributed by atoms with van der Waals surface area (Å²) in [4.78, 5) is 39.3. The molecule has 45 heavy (non-hydrogen) atoms. The number of urea groups is 1. The normalized spacial score (nSPS) is 23.5. The first-order valence-electron chi connectivity index (χ1n) is 13.6. The van der Waals surface area contributed by atoms with Crippen LogP contribution in [0.4, 0.5) is 26.7 Å². The zero-order valence-electron chi connectivity index (χ0n) is 22.9. The second-order valence-electron chi connectivity index (χ2n) is 10.8. The van der Waals surface area contributed by atoms with Crippen molar-refractivity contribution in [2.24, 2.45) is 0 Å². The molecule has 3 fully saturated rings. The van der Waals surface area contributed by atoms with Gasteiger partial charge in [0.1, 0.15) is 10.5 Å². The Hall–Kier alpha value is -4.22. The zero-order valence-corrected chi connectivity index (χ0v) is 23.7. The van der Waals surface area contributed by atoms with Crippen molar-refractivity contribution >= 4 is 29.2 Å². The Kier molecular flexibility index (Phi) is 7.73. The van der Waals surface area contributed by atoms with E-state index >= 15 is 4.39 Å². The van der Waals surface area contributed by atoms with Crippen LogP contribution in [-0.2, 0) is 20.9 Å². The zero-order chi connectivity index (χ0) is 32.3. The van der Waals surface area contributed by atoms with Gasteiger partial charge in [0.05, 0.1) is 18.2 Å². The average Bonchev–Trinajstić information content (AvgIpc) is 3.61. The van der Waals surface area contributed by atoms with Crippen molar-refractivity contribution < 1.29 is 56.0 Å². The number of ether oxygens (including phenoxy) is 2. The van der Waals surface area contributed by atoms with E-state index in [0.717, 1.165) is 28.4 Å². The lowest BCUT2D eigenvalue weighted by Crippen LogP contribution is -2.43. The molecule has 0 radical (unpaired) electrons. The highest BCUT2D eigenvalue weighted by molar-refractivity contribution is 7.14. The number of hydrogen-bond donors (Lipinski definition) is 2. The number of alkyl halides is 3. The lowest BCUT2D eigenvalue weighted by molar-refractivity contribution is -0.196. The first-order chi connectivity index (χ1) is 21.3. The molecule has 1 spiro atoms. The van der Waals surface area contributed by atoms with E-state index in [0.29, 0.717) is 0 Å². The van der Waals surface area contributed by atoms with Crippen LogP contribution >= 0.6 is 11.3 Å². The van der Waals surface area contributed by atoms with Gasteiger partial charge in [-0.25, -0.2) is 23.3 Å². The van der Waals surface area contributed by atoms with Crippen LogP contribution in [0.2, 0.25) is 0 Å². The standard InChI is InChI=1S/C28H23F5N4O7S/c29-16-7-6-15(20(30)21(16)44-19-11-14(38)10-17(43-19)24(39)40)23-35-34-18(45-23)12-36-26(42)37(25(41)27(36)8-9-27)22(28(31,32)33)13-4-2-1-3-5-13/h1-7,14,17,19,22,38H,8-12H2,(H,39,40)/t14?,17-,19?,22?/m0/s1. The van der Waals surface area contributed by atoms with E-state index in [9.17, 15) is 42.2 Å². The van der Waals surface area contributed by atoms with Gasteiger partial charge >= 0.3 is 18.2 Å². The highest BCUT2D eigenvalue weighted by atomic mass is 32.1. The number of aliphatic carboxylic acids is 1. The van der Waals surface area contributed by atoms with Crippen LogP contribution in [0.25, 0.3) is 10.6 Å². The number of imide groups is 1. The first-order valence-corrected chi connectivity index (χ1v) is 14.4. The number of amides is 3. The maximum absolute atomic E-state index is 15.5. The molecule has 0 bridgehead atoms. The van der Waals surface area contributed by atoms with Crippen molar-refractivity contribution in [2.75, 3.05) is 0 Å². The molecule has 4 atom stereocenters. The Morgan fingerprint density at radius 1 is 1.11 bits per heavy atom. The summed E-state index contributed by atoms with van der Waals surface area (Å²) in [5.74, 6) is -5.66. The third-order valence-electron chi connectivity index (χ3n) is 7.81. The van der Waals surface area contributed by atoms with Crippen LogP contribution in [-0.4, -0.2) is 78.3 Å². The number of halogens is 5. The van der Waals surface area contributed by atoms with E-state index in [2.05, 4.69) is 10.2 Å². The Morgan fingerprint density at radius 3 is 2.47 bits per heavy atom. The molecule has 2 saturated heterocycles. The van der Waals surface area contributed by atoms with Gasteiger partial charge < -0.3 is 24.6 Å². The number of aliphatic hydroxyl groups excluding tert-OH is 1. The highest BCUT2D eigenvalue weighted by Gasteiger charge is 2.68. The topological polar surface area (TPSA) is 142 Å². The summed E-state index contributed by atoms with van der Waals surface area (Å²) >= 11 is 0.761. The average molecular weight is 655 g/mol. The number of aromatic nitrogens is 2. The van der Waals surface area contributed by atoms with Crippen LogP contribution in [0.15, 0.2) is 42.5 Å². The molecule has 3 unspecified atom stereocenters. The molecule has 3 heterocycles. The molecule has 1 aromatic heterocycles. The minimum absolute atomic E-state index is 0.0665. The number of rotatable bonds is 8. The number of carbonyl (C=O) groups is 3. The Labute approximate surface area is 254 Å². The van der Waals surface area contributed by atoms with Gasteiger partial charge in [-0.1, -0.05) is 41.7 Å². The molecular formula is C28H23F5N4O7S. The van der Waals surface area contributed by atoms with E-state index in [1.165, 1.54) is 30.3 Å². The minimum Gasteiger partial charge on any atom is -0.479 e. The van der Waals surface area contributed by atoms with Crippen molar-refractivity contribution in [1.29, 1.82) is 0 Å². The van der Waals surface area contributed by atoms with E-state index < -0.39 is 78.1 Å². The Morgan fingerprint density at radius 2 is 1.82 bits per heavy atom. The van der Waals surface area contributed by atoms with Crippen molar-refractivity contribution in [3.8, 4) is 16.3 Å². The molecule has 11 nitrogen and oxygen atoms in total. The fraction of sp³-hybridized carbons (Fsp3) is 0.393. The monoisotopic (exact) mass is 654 g/mol. The predicted molar refractivity (Wildman–Crippen MR) is 142 cm³/mol. The molecule has 2 N–H and O–H groups in total. The lowest BCUT2D eigenvalue weighted by Gasteiger charge is -2.31. The van der Waals surface area contributed by atoms with Gasteiger partial charge in [0.2, 0.25) is 6.29 Å². The highest BCUT2D eigenvalue weighted by Crippen LogP contribution is 2.53. The molecule has 17 heteroatoms. The van der Waals surface area contributed by atoms with Crippen molar-refractivity contribution in [3.63, 3.8) is 0 Å². The Balaban J connectivity index is 1.24. The van der Waals surface area contributed by atoms with Crippen molar-refractivity contribution in [3.05, 3.63) is 64.7 Å². The second-order valence-corrected chi connectivity index (χ2v) is 11.9. The summed E-state index contributed by atoms with van der Waals surface area (Å²) in [5.41, 5.74) is -2.03. The molecule has 3 aromatic rings. The maximum atomic E-state index is 15.5. The van der Waals surface area contributed by atoms with Gasteiger partial charge in [-0.15, -0.1) is 10.2 Å². The quantitative estimate of drug-likeness (QED) is 0.267. The molecule has 1 saturated carbocycles. The summed E-state index contributed by atoms with van der Waals surface area (Å²) in [5, 5.41) is 26.9. The van der Waals surface area contributed by atoms with E-state index in [4.69, 9.17) is 9.47 Å². The van der Waals surface area contributed by atoms with E-state index in [1.54, 1.807) is 0 Å². The van der Waals surface area contributed by atoms with Crippen LogP contribution in [0.3, 0.4) is 0 Å². The predicted octanol–water partition coefficient (Wildman–Crippen LogP) is 4.41. The molecule has 2 aromatic carbocycles. The van der Waals surface area contributed by atoms with Crippen molar-refractivity contribution in [1.82, 2.24) is 20.0 Å². The largest absolute Gasteiger partial charge is 0.479 e. The summed E-state index contributed by atoms with van der Waals surface area (Å²) in [6.45, 7) is -0.394. The number of aliphatic hydroxyl groups is 1. The molecule has 1 aliphatic carbocycles. The van der Waals surface area contributed by atoms with E-state index in [1.807, 2.05) is 0 Å². The van der Waals surface area contributed by atoms with E-state index in [-0.39, 0.29) is 51.7 Å². The fourth-order valence-corrected chi connectivity index (χ4v) is 6.35. The van der Waals surface area contributed by atoms with Gasteiger partial charge in [0.25, 0.3) is 5.91 Å². The van der Waals surface area contributed by atoms with Gasteiger partial charge in [0, 0.05) is 12.8 Å². The Bertz CT molecular complexity index is 1650. The molecule has 238 valence electrons. The van der Waals surface area contributed by atoms with Crippen LogP contribution in [0.1, 0.15) is 42.3 Å². The van der Waals surface area contributed by atoms with Gasteiger partial charge in [0.15, 0.2) is 34.5 Å². The molecule has 3 aliphatic rings. The second kappa shape index (κ2) is 11.3.